The van der Waals surface area contributed by atoms with Crippen LogP contribution in [0.1, 0.15) is 17.5 Å². The molecular formula is C23H29N5O3. The van der Waals surface area contributed by atoms with Gasteiger partial charge in [0.25, 0.3) is 5.56 Å². The highest BCUT2D eigenvalue weighted by atomic mass is 16.5. The van der Waals surface area contributed by atoms with Crippen LogP contribution in [0.3, 0.4) is 0 Å². The van der Waals surface area contributed by atoms with Crippen molar-refractivity contribution in [2.24, 2.45) is 7.05 Å². The first kappa shape index (κ1) is 21.4. The maximum atomic E-state index is 13.3. The van der Waals surface area contributed by atoms with Crippen LogP contribution in [0, 0.1) is 0 Å². The summed E-state index contributed by atoms with van der Waals surface area (Å²) in [7, 11) is 1.66. The molecular weight excluding hydrogens is 394 g/mol. The molecule has 1 aliphatic heterocycles. The summed E-state index contributed by atoms with van der Waals surface area (Å²) in [6.07, 6.45) is 2.69. The van der Waals surface area contributed by atoms with Gasteiger partial charge in [0.1, 0.15) is 5.65 Å². The third-order valence-electron chi connectivity index (χ3n) is 5.74. The third kappa shape index (κ3) is 4.92. The Kier molecular flexibility index (Phi) is 6.91. The molecule has 3 heterocycles. The van der Waals surface area contributed by atoms with E-state index in [0.29, 0.717) is 17.6 Å². The lowest BCUT2D eigenvalue weighted by Gasteiger charge is -2.26. The smallest absolute Gasteiger partial charge is 0.332 e. The number of hydrogen-bond acceptors (Lipinski definition) is 6. The Bertz CT molecular complexity index is 1130. The van der Waals surface area contributed by atoms with Crippen LogP contribution in [0.5, 0.6) is 0 Å². The highest BCUT2D eigenvalue weighted by molar-refractivity contribution is 5.77. The lowest BCUT2D eigenvalue weighted by atomic mass is 10.1. The predicted molar refractivity (Wildman–Crippen MR) is 120 cm³/mol. The topological polar surface area (TPSA) is 81.4 Å². The lowest BCUT2D eigenvalue weighted by Crippen LogP contribution is -2.40. The van der Waals surface area contributed by atoms with Gasteiger partial charge in [0.05, 0.1) is 25.1 Å². The van der Waals surface area contributed by atoms with Crippen LogP contribution in [-0.2, 0) is 24.9 Å². The van der Waals surface area contributed by atoms with Crippen LogP contribution < -0.4 is 16.6 Å². The molecule has 0 radical (unpaired) electrons. The Labute approximate surface area is 181 Å². The normalized spacial score (nSPS) is 14.9. The minimum Gasteiger partial charge on any atom is -0.379 e. The second-order valence-corrected chi connectivity index (χ2v) is 7.87. The first-order valence-electron chi connectivity index (χ1n) is 10.8. The monoisotopic (exact) mass is 423 g/mol. The Morgan fingerprint density at radius 3 is 2.65 bits per heavy atom. The van der Waals surface area contributed by atoms with Crippen molar-refractivity contribution in [3.05, 3.63) is 74.6 Å². The van der Waals surface area contributed by atoms with Gasteiger partial charge in [0.2, 0.25) is 0 Å². The maximum absolute atomic E-state index is 13.3. The van der Waals surface area contributed by atoms with Gasteiger partial charge in [-0.15, -0.1) is 0 Å². The van der Waals surface area contributed by atoms with E-state index < -0.39 is 0 Å². The molecule has 31 heavy (non-hydrogen) atoms. The number of morpholine rings is 1. The number of pyridine rings is 1. The summed E-state index contributed by atoms with van der Waals surface area (Å²) < 4.78 is 8.14. The van der Waals surface area contributed by atoms with E-state index >= 15 is 0 Å². The average molecular weight is 424 g/mol. The summed E-state index contributed by atoms with van der Waals surface area (Å²) in [6.45, 7) is 6.28. The van der Waals surface area contributed by atoms with E-state index in [4.69, 9.17) is 4.74 Å². The summed E-state index contributed by atoms with van der Waals surface area (Å²) >= 11 is 0. The second-order valence-electron chi connectivity index (χ2n) is 7.87. The van der Waals surface area contributed by atoms with Crippen LogP contribution in [-0.4, -0.2) is 58.4 Å². The molecule has 1 aromatic carbocycles. The molecule has 2 aromatic heterocycles. The number of ether oxygens (including phenoxy) is 1. The predicted octanol–water partition coefficient (Wildman–Crippen LogP) is 0.955. The van der Waals surface area contributed by atoms with Crippen LogP contribution >= 0.6 is 0 Å². The van der Waals surface area contributed by atoms with Crippen LogP contribution in [0.2, 0.25) is 0 Å². The maximum Gasteiger partial charge on any atom is 0.332 e. The fourth-order valence-corrected chi connectivity index (χ4v) is 4.00. The average Bonchev–Trinajstić information content (AvgIpc) is 2.81. The zero-order valence-corrected chi connectivity index (χ0v) is 17.9. The molecule has 1 fully saturated rings. The number of benzene rings is 1. The minimum atomic E-state index is -0.357. The van der Waals surface area contributed by atoms with Crippen molar-refractivity contribution in [2.45, 2.75) is 19.5 Å². The number of aryl methyl sites for hydroxylation is 1. The summed E-state index contributed by atoms with van der Waals surface area (Å²) in [5.41, 5.74) is 1.54. The molecule has 0 aliphatic carbocycles. The quantitative estimate of drug-likeness (QED) is 0.544. The zero-order valence-electron chi connectivity index (χ0n) is 17.9. The lowest BCUT2D eigenvalue weighted by molar-refractivity contribution is 0.0374. The number of rotatable bonds is 8. The van der Waals surface area contributed by atoms with Gasteiger partial charge < -0.3 is 10.1 Å². The van der Waals surface area contributed by atoms with E-state index in [-0.39, 0.29) is 17.8 Å². The molecule has 0 saturated carbocycles. The Morgan fingerprint density at radius 1 is 1.10 bits per heavy atom. The van der Waals surface area contributed by atoms with Gasteiger partial charge in [-0.25, -0.2) is 9.78 Å². The molecule has 3 aromatic rings. The number of hydrogen-bond donors (Lipinski definition) is 1. The van der Waals surface area contributed by atoms with Crippen molar-refractivity contribution in [2.75, 3.05) is 39.4 Å². The Morgan fingerprint density at radius 2 is 1.87 bits per heavy atom. The van der Waals surface area contributed by atoms with Gasteiger partial charge in [-0.05, 0) is 36.7 Å². The second kappa shape index (κ2) is 10.00. The first-order chi connectivity index (χ1) is 15.1. The van der Waals surface area contributed by atoms with Gasteiger partial charge in [0.15, 0.2) is 0 Å². The van der Waals surface area contributed by atoms with Gasteiger partial charge in [-0.3, -0.25) is 18.8 Å². The van der Waals surface area contributed by atoms with E-state index in [1.165, 1.54) is 9.13 Å². The van der Waals surface area contributed by atoms with E-state index in [1.54, 1.807) is 13.2 Å². The Balaban J connectivity index is 1.52. The van der Waals surface area contributed by atoms with E-state index in [1.807, 2.05) is 36.4 Å². The Hall–Kier alpha value is -2.81. The van der Waals surface area contributed by atoms with E-state index in [2.05, 4.69) is 15.2 Å². The van der Waals surface area contributed by atoms with Crippen LogP contribution in [0.4, 0.5) is 0 Å². The van der Waals surface area contributed by atoms with Gasteiger partial charge >= 0.3 is 5.69 Å². The highest BCUT2D eigenvalue weighted by Gasteiger charge is 2.15. The molecule has 8 nitrogen and oxygen atoms in total. The number of nitrogens with one attached hydrogen (secondary N) is 1. The van der Waals surface area contributed by atoms with Crippen molar-refractivity contribution < 1.29 is 4.74 Å². The molecule has 1 saturated heterocycles. The van der Waals surface area contributed by atoms with Crippen molar-refractivity contribution >= 4 is 11.0 Å². The molecule has 164 valence electrons. The SMILES string of the molecule is Cn1c(=O)n(Cc2ccccc2)c(=O)c2c(CNCCCN3CCOCC3)ccnc21. The molecule has 0 bridgehead atoms. The third-order valence-corrected chi connectivity index (χ3v) is 5.74. The largest absolute Gasteiger partial charge is 0.379 e. The first-order valence-corrected chi connectivity index (χ1v) is 10.8. The summed E-state index contributed by atoms with van der Waals surface area (Å²) in [5.74, 6) is 0. The fraction of sp³-hybridized carbons (Fsp3) is 0.435. The van der Waals surface area contributed by atoms with Gasteiger partial charge in [0, 0.05) is 32.9 Å². The molecule has 0 atom stereocenters. The van der Waals surface area contributed by atoms with Crippen LogP contribution in [0.15, 0.2) is 52.2 Å². The highest BCUT2D eigenvalue weighted by Crippen LogP contribution is 2.11. The van der Waals surface area contributed by atoms with Crippen molar-refractivity contribution in [1.29, 1.82) is 0 Å². The minimum absolute atomic E-state index is 0.240. The van der Waals surface area contributed by atoms with Gasteiger partial charge in [-0.2, -0.15) is 0 Å². The van der Waals surface area contributed by atoms with Crippen molar-refractivity contribution in [3.63, 3.8) is 0 Å². The summed E-state index contributed by atoms with van der Waals surface area (Å²) in [5, 5.41) is 3.94. The molecule has 1 N–H and O–H groups in total. The van der Waals surface area contributed by atoms with Gasteiger partial charge in [-0.1, -0.05) is 30.3 Å². The molecule has 0 amide bonds. The zero-order chi connectivity index (χ0) is 21.6. The van der Waals surface area contributed by atoms with E-state index in [0.717, 1.165) is 56.9 Å². The fourth-order valence-electron chi connectivity index (χ4n) is 4.00. The molecule has 4 rings (SSSR count). The van der Waals surface area contributed by atoms with Crippen molar-refractivity contribution in [3.8, 4) is 0 Å². The molecule has 1 aliphatic rings. The number of aromatic nitrogens is 3. The number of nitrogens with zero attached hydrogens (tertiary/aromatic N) is 4. The summed E-state index contributed by atoms with van der Waals surface area (Å²) in [6, 6.07) is 11.4. The van der Waals surface area contributed by atoms with Crippen molar-refractivity contribution in [1.82, 2.24) is 24.3 Å². The molecule has 0 spiro atoms. The standard InChI is InChI=1S/C23H29N5O3/c1-26-21-20(22(29)28(23(26)30)17-18-6-3-2-4-7-18)19(8-10-25-21)16-24-9-5-11-27-12-14-31-15-13-27/h2-4,6-8,10,24H,5,9,11-17H2,1H3. The van der Waals surface area contributed by atoms with E-state index in [9.17, 15) is 9.59 Å². The summed E-state index contributed by atoms with van der Waals surface area (Å²) in [4.78, 5) is 32.8. The molecule has 0 unspecified atom stereocenters. The van der Waals surface area contributed by atoms with Crippen LogP contribution in [0.25, 0.3) is 11.0 Å². The number of fused-ring (bicyclic) bond motifs is 1. The molecule has 8 heteroatoms.